The molecule has 56 heavy (non-hydrogen) atoms. The average molecular weight is 770 g/mol. The number of carbonyl (C=O) groups excluding carboxylic acids is 1. The third kappa shape index (κ3) is 41.7. The summed E-state index contributed by atoms with van der Waals surface area (Å²) in [7, 11) is 0. The number of aliphatic hydroxyl groups is 2. The van der Waals surface area contributed by atoms with Crippen molar-refractivity contribution in [1.82, 2.24) is 5.32 Å². The summed E-state index contributed by atoms with van der Waals surface area (Å²) in [5, 5.41) is 22.8. The van der Waals surface area contributed by atoms with E-state index < -0.39 is 12.1 Å². The number of aliphatic hydroxyl groups excluding tert-OH is 2. The Morgan fingerprint density at radius 1 is 0.464 bits per heavy atom. The Hall–Kier alpha value is -3.47. The first-order chi connectivity index (χ1) is 27.7. The Bertz CT molecular complexity index is 1190. The second-order valence-electron chi connectivity index (χ2n) is 14.4. The van der Waals surface area contributed by atoms with E-state index in [-0.39, 0.29) is 12.5 Å². The van der Waals surface area contributed by atoms with Gasteiger partial charge in [0.2, 0.25) is 5.91 Å². The van der Waals surface area contributed by atoms with Gasteiger partial charge in [0.25, 0.3) is 0 Å². The maximum Gasteiger partial charge on any atom is 0.220 e. The number of amides is 1. The monoisotopic (exact) mass is 770 g/mol. The Morgan fingerprint density at radius 2 is 0.821 bits per heavy atom. The van der Waals surface area contributed by atoms with Gasteiger partial charge in [0.05, 0.1) is 18.8 Å². The summed E-state index contributed by atoms with van der Waals surface area (Å²) >= 11 is 0. The standard InChI is InChI=1S/C52H83NO3/c1-3-5-7-9-11-13-14-15-16-17-18-19-20-21-22-23-24-25-26-27-28-29-30-31-32-33-34-35-36-37-38-40-42-44-46-48-52(56)53-50(49-54)51(55)47-45-43-41-39-12-10-8-6-4-2/h4-7,11-13,15-16,18-19,21-22,24-25,27-28,30-31,39,45,47,50-51,54-55H,3,8-10,14,17,20,23,26,29,32-38,40-44,46,48-49H2,1-2H3,(H,53,56)/b6-4+,7-5-,13-11-,16-15-,19-18-,22-21-,25-24-,28-27-,31-30-,39-12+,47-45+. The van der Waals surface area contributed by atoms with Crippen LogP contribution in [0, 0.1) is 0 Å². The van der Waals surface area contributed by atoms with Crippen molar-refractivity contribution < 1.29 is 15.0 Å². The van der Waals surface area contributed by atoms with E-state index in [4.69, 9.17) is 0 Å². The molecule has 0 saturated heterocycles. The highest BCUT2D eigenvalue weighted by molar-refractivity contribution is 5.76. The lowest BCUT2D eigenvalue weighted by Gasteiger charge is -2.19. The number of allylic oxidation sites excluding steroid dienone is 21. The molecule has 2 unspecified atom stereocenters. The van der Waals surface area contributed by atoms with Crippen LogP contribution >= 0.6 is 0 Å². The molecule has 2 atom stereocenters. The second-order valence-corrected chi connectivity index (χ2v) is 14.4. The number of hydrogen-bond donors (Lipinski definition) is 3. The maximum atomic E-state index is 12.3. The molecule has 0 saturated carbocycles. The summed E-state index contributed by atoms with van der Waals surface area (Å²) < 4.78 is 0. The van der Waals surface area contributed by atoms with Crippen molar-refractivity contribution in [2.45, 2.75) is 180 Å². The van der Waals surface area contributed by atoms with Gasteiger partial charge in [-0.25, -0.2) is 0 Å². The maximum absolute atomic E-state index is 12.3. The third-order valence-electron chi connectivity index (χ3n) is 9.19. The SMILES string of the molecule is C/C=C/CC/C=C/CC/C=C/C(O)C(CO)NC(=O)CCCCCCCCCCCC/C=C\C/C=C\C/C=C\C/C=C\C/C=C\C/C=C\C/C=C\C/C=C\CC. The fraction of sp³-hybridized carbons (Fsp3) is 0.558. The lowest BCUT2D eigenvalue weighted by molar-refractivity contribution is -0.123. The van der Waals surface area contributed by atoms with Crippen molar-refractivity contribution >= 4 is 5.91 Å². The van der Waals surface area contributed by atoms with E-state index in [1.807, 2.05) is 13.0 Å². The van der Waals surface area contributed by atoms with Crippen LogP contribution in [0.1, 0.15) is 168 Å². The molecule has 0 aromatic carbocycles. The zero-order valence-corrected chi connectivity index (χ0v) is 35.8. The van der Waals surface area contributed by atoms with Gasteiger partial charge < -0.3 is 15.5 Å². The van der Waals surface area contributed by atoms with Crippen molar-refractivity contribution in [3.63, 3.8) is 0 Å². The van der Waals surface area contributed by atoms with Crippen molar-refractivity contribution in [2.75, 3.05) is 6.61 Å². The molecule has 0 aliphatic carbocycles. The molecule has 0 bridgehead atoms. The molecule has 3 N–H and O–H groups in total. The number of rotatable bonds is 38. The van der Waals surface area contributed by atoms with E-state index in [0.29, 0.717) is 6.42 Å². The number of carbonyl (C=O) groups is 1. The van der Waals surface area contributed by atoms with E-state index in [2.05, 4.69) is 134 Å². The van der Waals surface area contributed by atoms with E-state index in [0.717, 1.165) is 96.3 Å². The topological polar surface area (TPSA) is 69.6 Å². The highest BCUT2D eigenvalue weighted by atomic mass is 16.3. The highest BCUT2D eigenvalue weighted by Gasteiger charge is 2.17. The van der Waals surface area contributed by atoms with Crippen LogP contribution in [-0.4, -0.2) is 34.9 Å². The molecule has 0 heterocycles. The van der Waals surface area contributed by atoms with Crippen molar-refractivity contribution in [3.05, 3.63) is 134 Å². The first-order valence-corrected chi connectivity index (χ1v) is 22.4. The first kappa shape index (κ1) is 52.5. The van der Waals surface area contributed by atoms with Gasteiger partial charge in [0.15, 0.2) is 0 Å². The summed E-state index contributed by atoms with van der Waals surface area (Å²) in [5.41, 5.74) is 0. The molecule has 0 fully saturated rings. The highest BCUT2D eigenvalue weighted by Crippen LogP contribution is 2.13. The lowest BCUT2D eigenvalue weighted by Crippen LogP contribution is -2.45. The summed E-state index contributed by atoms with van der Waals surface area (Å²) in [6, 6.07) is -0.654. The molecule has 4 heteroatoms. The predicted octanol–water partition coefficient (Wildman–Crippen LogP) is 14.3. The third-order valence-corrected chi connectivity index (χ3v) is 9.19. The minimum absolute atomic E-state index is 0.0938. The molecule has 4 nitrogen and oxygen atoms in total. The van der Waals surface area contributed by atoms with Crippen LogP contribution in [0.5, 0.6) is 0 Å². The minimum Gasteiger partial charge on any atom is -0.394 e. The smallest absolute Gasteiger partial charge is 0.220 e. The zero-order valence-electron chi connectivity index (χ0n) is 35.8. The molecule has 0 rings (SSSR count). The Labute approximate surface area is 345 Å². The van der Waals surface area contributed by atoms with Crippen LogP contribution < -0.4 is 5.32 Å². The van der Waals surface area contributed by atoms with E-state index >= 15 is 0 Å². The quantitative estimate of drug-likeness (QED) is 0.0433. The second kappa shape index (κ2) is 45.9. The van der Waals surface area contributed by atoms with Gasteiger partial charge in [0, 0.05) is 6.42 Å². The van der Waals surface area contributed by atoms with Crippen LogP contribution in [0.15, 0.2) is 134 Å². The fourth-order valence-electron chi connectivity index (χ4n) is 5.82. The van der Waals surface area contributed by atoms with Crippen molar-refractivity contribution in [3.8, 4) is 0 Å². The van der Waals surface area contributed by atoms with Gasteiger partial charge in [-0.05, 0) is 103 Å². The van der Waals surface area contributed by atoms with Crippen LogP contribution in [0.2, 0.25) is 0 Å². The lowest BCUT2D eigenvalue weighted by atomic mass is 10.0. The molecular weight excluding hydrogens is 687 g/mol. The number of hydrogen-bond acceptors (Lipinski definition) is 3. The Balaban J connectivity index is 3.62. The first-order valence-electron chi connectivity index (χ1n) is 22.4. The van der Waals surface area contributed by atoms with Crippen LogP contribution in [0.3, 0.4) is 0 Å². The number of nitrogens with one attached hydrogen (secondary N) is 1. The van der Waals surface area contributed by atoms with Crippen molar-refractivity contribution in [1.29, 1.82) is 0 Å². The molecule has 314 valence electrons. The molecule has 0 radical (unpaired) electrons. The van der Waals surface area contributed by atoms with Gasteiger partial charge in [-0.2, -0.15) is 0 Å². The normalized spacial score (nSPS) is 14.3. The van der Waals surface area contributed by atoms with Gasteiger partial charge in [-0.1, -0.05) is 192 Å². The Kier molecular flexibility index (Phi) is 43.1. The van der Waals surface area contributed by atoms with E-state index in [9.17, 15) is 15.0 Å². The molecular formula is C52H83NO3. The van der Waals surface area contributed by atoms with Gasteiger partial charge in [-0.15, -0.1) is 0 Å². The fourth-order valence-corrected chi connectivity index (χ4v) is 5.82. The molecule has 0 spiro atoms. The van der Waals surface area contributed by atoms with Crippen LogP contribution in [0.4, 0.5) is 0 Å². The van der Waals surface area contributed by atoms with Crippen LogP contribution in [-0.2, 0) is 4.79 Å². The molecule has 0 aliphatic rings. The van der Waals surface area contributed by atoms with E-state index in [1.165, 1.54) is 51.4 Å². The largest absolute Gasteiger partial charge is 0.394 e. The van der Waals surface area contributed by atoms with Gasteiger partial charge >= 0.3 is 0 Å². The Morgan fingerprint density at radius 3 is 1.25 bits per heavy atom. The molecule has 0 aromatic heterocycles. The summed E-state index contributed by atoms with van der Waals surface area (Å²) in [4.78, 5) is 12.3. The van der Waals surface area contributed by atoms with Gasteiger partial charge in [0.1, 0.15) is 0 Å². The molecule has 0 aromatic rings. The number of unbranched alkanes of at least 4 members (excludes halogenated alkanes) is 12. The predicted molar refractivity (Wildman–Crippen MR) is 248 cm³/mol. The zero-order chi connectivity index (χ0) is 40.7. The average Bonchev–Trinajstić information content (AvgIpc) is 3.20. The summed E-state index contributed by atoms with van der Waals surface area (Å²) in [6.45, 7) is 3.92. The van der Waals surface area contributed by atoms with E-state index in [1.54, 1.807) is 6.08 Å². The minimum atomic E-state index is -0.878. The van der Waals surface area contributed by atoms with Crippen molar-refractivity contribution in [2.24, 2.45) is 0 Å². The summed E-state index contributed by atoms with van der Waals surface area (Å²) in [5.74, 6) is -0.0938. The molecule has 1 amide bonds. The summed E-state index contributed by atoms with van der Waals surface area (Å²) in [6.07, 6.45) is 73.0. The van der Waals surface area contributed by atoms with Crippen LogP contribution in [0.25, 0.3) is 0 Å². The molecule has 0 aliphatic heterocycles. The van der Waals surface area contributed by atoms with Gasteiger partial charge in [-0.3, -0.25) is 4.79 Å².